The lowest BCUT2D eigenvalue weighted by Crippen LogP contribution is -2.08. The molecule has 0 unspecified atom stereocenters. The van der Waals surface area contributed by atoms with Crippen molar-refractivity contribution in [2.75, 3.05) is 0 Å². The van der Waals surface area contributed by atoms with Crippen LogP contribution in [0.25, 0.3) is 22.3 Å². The molecule has 0 fully saturated rings. The van der Waals surface area contributed by atoms with Crippen molar-refractivity contribution in [2.24, 2.45) is 0 Å². The summed E-state index contributed by atoms with van der Waals surface area (Å²) in [4.78, 5) is -4.06. The molecule has 0 saturated carbocycles. The van der Waals surface area contributed by atoms with E-state index in [4.69, 9.17) is 0 Å². The third kappa shape index (κ3) is 4.55. The van der Waals surface area contributed by atoms with E-state index < -0.39 is 149 Å². The standard InChI is InChI=1S/C24H2F16S/c25-5-1-3(9(27)15(33)11(5)29)7-13(31)17(35)19(37)21(39)23(7)41-24-8(14(32)18(36)20(38)22(24)40)4-2-6(26)12(30)16(34)10(4)28/h1-2H. The van der Waals surface area contributed by atoms with Gasteiger partial charge in [-0.3, -0.25) is 0 Å². The van der Waals surface area contributed by atoms with Gasteiger partial charge in [-0.2, -0.15) is 0 Å². The van der Waals surface area contributed by atoms with Crippen LogP contribution in [0.1, 0.15) is 0 Å². The monoisotopic (exact) mass is 626 g/mol. The van der Waals surface area contributed by atoms with Crippen molar-refractivity contribution in [3.05, 3.63) is 105 Å². The van der Waals surface area contributed by atoms with Gasteiger partial charge in [0, 0.05) is 22.3 Å². The first-order chi connectivity index (χ1) is 19.0. The van der Waals surface area contributed by atoms with E-state index in [0.29, 0.717) is 0 Å². The molecule has 0 atom stereocenters. The van der Waals surface area contributed by atoms with Crippen molar-refractivity contribution < 1.29 is 70.2 Å². The second kappa shape index (κ2) is 10.5. The maximum absolute atomic E-state index is 14.9. The number of hydrogen-bond donors (Lipinski definition) is 0. The minimum atomic E-state index is -2.81. The van der Waals surface area contributed by atoms with Crippen molar-refractivity contribution in [3.63, 3.8) is 0 Å². The first-order valence-electron chi connectivity index (χ1n) is 10.1. The predicted octanol–water partition coefficient (Wildman–Crippen LogP) is 9.40. The van der Waals surface area contributed by atoms with Crippen molar-refractivity contribution in [2.45, 2.75) is 9.79 Å². The molecule has 0 aliphatic heterocycles. The highest BCUT2D eigenvalue weighted by Gasteiger charge is 2.35. The zero-order valence-corrected chi connectivity index (χ0v) is 19.4. The molecule has 4 rings (SSSR count). The smallest absolute Gasteiger partial charge is 0.198 e. The number of benzene rings is 4. The molecule has 0 nitrogen and oxygen atoms in total. The van der Waals surface area contributed by atoms with Crippen LogP contribution in [0.5, 0.6) is 0 Å². The molecule has 0 N–H and O–H groups in total. The van der Waals surface area contributed by atoms with Gasteiger partial charge >= 0.3 is 0 Å². The zero-order valence-electron chi connectivity index (χ0n) is 18.6. The Bertz CT molecular complexity index is 1650. The average Bonchev–Trinajstić information content (AvgIpc) is 2.94. The lowest BCUT2D eigenvalue weighted by Gasteiger charge is -2.18. The van der Waals surface area contributed by atoms with Crippen LogP contribution in [0, 0.1) is 93.1 Å². The minimum absolute atomic E-state index is 0.416. The predicted molar refractivity (Wildman–Crippen MR) is 107 cm³/mol. The molecular weight excluding hydrogens is 624 g/mol. The van der Waals surface area contributed by atoms with Crippen molar-refractivity contribution in [1.82, 2.24) is 0 Å². The summed E-state index contributed by atoms with van der Waals surface area (Å²) in [6.07, 6.45) is 0. The fourth-order valence-electron chi connectivity index (χ4n) is 3.51. The van der Waals surface area contributed by atoms with Crippen molar-refractivity contribution in [3.8, 4) is 22.3 Å². The van der Waals surface area contributed by atoms with Gasteiger partial charge in [-0.05, 0) is 12.1 Å². The van der Waals surface area contributed by atoms with Gasteiger partial charge in [-0.15, -0.1) is 0 Å². The average molecular weight is 626 g/mol. The minimum Gasteiger partial charge on any atom is -0.204 e. The maximum Gasteiger partial charge on any atom is 0.198 e. The number of rotatable bonds is 4. The molecule has 0 aliphatic carbocycles. The molecule has 216 valence electrons. The summed E-state index contributed by atoms with van der Waals surface area (Å²) in [6.45, 7) is 0. The summed E-state index contributed by atoms with van der Waals surface area (Å²) in [7, 11) is 0. The molecule has 41 heavy (non-hydrogen) atoms. The third-order valence-corrected chi connectivity index (χ3v) is 6.57. The molecule has 4 aromatic rings. The second-order valence-corrected chi connectivity index (χ2v) is 8.74. The van der Waals surface area contributed by atoms with Crippen LogP contribution >= 0.6 is 11.8 Å². The van der Waals surface area contributed by atoms with Gasteiger partial charge in [0.1, 0.15) is 0 Å². The van der Waals surface area contributed by atoms with E-state index in [2.05, 4.69) is 0 Å². The van der Waals surface area contributed by atoms with Crippen molar-refractivity contribution in [1.29, 1.82) is 0 Å². The van der Waals surface area contributed by atoms with Crippen LogP contribution in [-0.4, -0.2) is 0 Å². The highest BCUT2D eigenvalue weighted by atomic mass is 32.2. The van der Waals surface area contributed by atoms with Gasteiger partial charge in [0.15, 0.2) is 93.1 Å². The number of hydrogen-bond acceptors (Lipinski definition) is 1. The van der Waals surface area contributed by atoms with Gasteiger partial charge in [0.25, 0.3) is 0 Å². The van der Waals surface area contributed by atoms with E-state index in [9.17, 15) is 70.2 Å². The Morgan fingerprint density at radius 2 is 0.561 bits per heavy atom. The van der Waals surface area contributed by atoms with E-state index in [1.54, 1.807) is 0 Å². The fraction of sp³-hybridized carbons (Fsp3) is 0. The van der Waals surface area contributed by atoms with Crippen LogP contribution < -0.4 is 0 Å². The normalized spacial score (nSPS) is 11.5. The molecule has 0 saturated heterocycles. The Balaban J connectivity index is 2.16. The Labute approximate surface area is 219 Å². The largest absolute Gasteiger partial charge is 0.204 e. The zero-order chi connectivity index (χ0) is 30.8. The number of halogens is 16. The van der Waals surface area contributed by atoms with E-state index in [1.807, 2.05) is 0 Å². The third-order valence-electron chi connectivity index (χ3n) is 5.40. The molecule has 17 heteroatoms. The summed E-state index contributed by atoms with van der Waals surface area (Å²) in [6, 6.07) is -0.832. The highest BCUT2D eigenvalue weighted by Crippen LogP contribution is 2.48. The first kappa shape index (κ1) is 30.1. The molecule has 0 spiro atoms. The van der Waals surface area contributed by atoms with Crippen LogP contribution in [0.2, 0.25) is 0 Å². The van der Waals surface area contributed by atoms with Gasteiger partial charge in [0.05, 0.1) is 9.79 Å². The highest BCUT2D eigenvalue weighted by molar-refractivity contribution is 7.99. The van der Waals surface area contributed by atoms with Gasteiger partial charge in [-0.25, -0.2) is 70.2 Å². The van der Waals surface area contributed by atoms with E-state index in [0.717, 1.165) is 0 Å². The molecule has 0 amide bonds. The summed E-state index contributed by atoms with van der Waals surface area (Å²) in [5.74, 6) is -42.4. The quantitative estimate of drug-likeness (QED) is 0.124. The fourth-order valence-corrected chi connectivity index (χ4v) is 4.67. The molecule has 0 aliphatic rings. The Kier molecular flexibility index (Phi) is 7.70. The molecule has 4 aromatic carbocycles. The molecule has 0 radical (unpaired) electrons. The van der Waals surface area contributed by atoms with Gasteiger partial charge < -0.3 is 0 Å². The maximum atomic E-state index is 14.9. The molecule has 0 heterocycles. The lowest BCUT2D eigenvalue weighted by atomic mass is 10.0. The SMILES string of the molecule is Fc1cc(-c2c(F)c(F)c(F)c(F)c2Sc2c(F)c(F)c(F)c(F)c2-c2cc(F)c(F)c(F)c2F)c(F)c(F)c1F. The Morgan fingerprint density at radius 1 is 0.293 bits per heavy atom. The van der Waals surface area contributed by atoms with Crippen molar-refractivity contribution >= 4 is 11.8 Å². The van der Waals surface area contributed by atoms with Gasteiger partial charge in [0.2, 0.25) is 0 Å². The molecule has 0 bridgehead atoms. The first-order valence-corrected chi connectivity index (χ1v) is 10.9. The van der Waals surface area contributed by atoms with Crippen LogP contribution in [0.3, 0.4) is 0 Å². The Hall–Kier alpha value is -3.89. The molecule has 0 aromatic heterocycles. The lowest BCUT2D eigenvalue weighted by molar-refractivity contribution is 0.395. The van der Waals surface area contributed by atoms with Crippen LogP contribution in [-0.2, 0) is 0 Å². The second-order valence-electron chi connectivity index (χ2n) is 7.72. The van der Waals surface area contributed by atoms with Crippen LogP contribution in [0.4, 0.5) is 70.2 Å². The summed E-state index contributed by atoms with van der Waals surface area (Å²) in [5.41, 5.74) is -7.99. The summed E-state index contributed by atoms with van der Waals surface area (Å²) in [5, 5.41) is 0. The topological polar surface area (TPSA) is 0 Å². The van der Waals surface area contributed by atoms with E-state index in [1.165, 1.54) is 0 Å². The summed E-state index contributed by atoms with van der Waals surface area (Å²) < 4.78 is 227. The van der Waals surface area contributed by atoms with Gasteiger partial charge in [-0.1, -0.05) is 11.8 Å². The Morgan fingerprint density at radius 3 is 0.878 bits per heavy atom. The van der Waals surface area contributed by atoms with E-state index >= 15 is 0 Å². The van der Waals surface area contributed by atoms with E-state index in [-0.39, 0.29) is 0 Å². The summed E-state index contributed by atoms with van der Waals surface area (Å²) >= 11 is -1.05. The van der Waals surface area contributed by atoms with Crippen LogP contribution in [0.15, 0.2) is 21.9 Å². The molecular formula is C24H2F16S.